The Morgan fingerprint density at radius 3 is 2.65 bits per heavy atom. The van der Waals surface area contributed by atoms with E-state index in [9.17, 15) is 18.8 Å². The maximum Gasteiger partial charge on any atom is 0.241 e. The van der Waals surface area contributed by atoms with Gasteiger partial charge in [-0.25, -0.2) is 4.39 Å². The van der Waals surface area contributed by atoms with Gasteiger partial charge in [0, 0.05) is 51.2 Å². The minimum absolute atomic E-state index is 0.0224. The van der Waals surface area contributed by atoms with Crippen molar-refractivity contribution in [2.24, 2.45) is 0 Å². The van der Waals surface area contributed by atoms with Crippen molar-refractivity contribution in [2.75, 3.05) is 46.9 Å². The standard InChI is InChI=1S/C23H32FN3O4/c1-4-26(16-17-8-7-13-31-17)20(28)14-23(18-9-5-6-10-19(18)24)15-21(29)27(22(23)30)12-11-25(2)3/h5-6,9-10,17H,4,7-8,11-16H2,1-3H3/t17-,23-/m0/s1. The Balaban J connectivity index is 1.90. The highest BCUT2D eigenvalue weighted by Gasteiger charge is 2.55. The van der Waals surface area contributed by atoms with Gasteiger partial charge in [-0.1, -0.05) is 18.2 Å². The molecule has 7 nitrogen and oxygen atoms in total. The lowest BCUT2D eigenvalue weighted by molar-refractivity contribution is -0.143. The van der Waals surface area contributed by atoms with E-state index in [4.69, 9.17) is 4.74 Å². The average molecular weight is 434 g/mol. The SMILES string of the molecule is CCN(C[C@@H]1CCCO1)C(=O)C[C@@]1(c2ccccc2F)CC(=O)N(CCN(C)C)C1=O. The van der Waals surface area contributed by atoms with Gasteiger partial charge >= 0.3 is 0 Å². The van der Waals surface area contributed by atoms with Crippen LogP contribution in [0.15, 0.2) is 24.3 Å². The van der Waals surface area contributed by atoms with Crippen LogP contribution in [0.5, 0.6) is 0 Å². The van der Waals surface area contributed by atoms with Crippen molar-refractivity contribution < 1.29 is 23.5 Å². The number of rotatable bonds is 9. The molecular weight excluding hydrogens is 401 g/mol. The number of amides is 3. The second-order valence-electron chi connectivity index (χ2n) is 8.64. The predicted octanol–water partition coefficient (Wildman–Crippen LogP) is 1.80. The van der Waals surface area contributed by atoms with Crippen LogP contribution >= 0.6 is 0 Å². The molecule has 0 aromatic heterocycles. The molecule has 2 fully saturated rings. The topological polar surface area (TPSA) is 70.2 Å². The summed E-state index contributed by atoms with van der Waals surface area (Å²) < 4.78 is 20.5. The molecule has 0 N–H and O–H groups in total. The molecule has 2 saturated heterocycles. The molecule has 0 saturated carbocycles. The number of ether oxygens (including phenoxy) is 1. The summed E-state index contributed by atoms with van der Waals surface area (Å²) in [6.07, 6.45) is 1.38. The number of hydrogen-bond acceptors (Lipinski definition) is 5. The number of nitrogens with zero attached hydrogens (tertiary/aromatic N) is 3. The fraction of sp³-hybridized carbons (Fsp3) is 0.609. The number of benzene rings is 1. The molecule has 0 radical (unpaired) electrons. The van der Waals surface area contributed by atoms with Crippen molar-refractivity contribution in [1.29, 1.82) is 0 Å². The number of imide groups is 1. The van der Waals surface area contributed by atoms with Crippen molar-refractivity contribution in [3.8, 4) is 0 Å². The fourth-order valence-corrected chi connectivity index (χ4v) is 4.43. The lowest BCUT2D eigenvalue weighted by Crippen LogP contribution is -2.46. The van der Waals surface area contributed by atoms with Crippen LogP contribution in [0.4, 0.5) is 4.39 Å². The molecule has 170 valence electrons. The van der Waals surface area contributed by atoms with E-state index in [-0.39, 0.29) is 42.9 Å². The van der Waals surface area contributed by atoms with E-state index in [1.807, 2.05) is 25.9 Å². The number of halogens is 1. The maximum absolute atomic E-state index is 14.9. The molecule has 1 aromatic rings. The summed E-state index contributed by atoms with van der Waals surface area (Å²) in [5, 5.41) is 0. The first-order valence-electron chi connectivity index (χ1n) is 10.9. The highest BCUT2D eigenvalue weighted by atomic mass is 19.1. The third-order valence-corrected chi connectivity index (χ3v) is 6.20. The minimum atomic E-state index is -1.52. The second-order valence-corrected chi connectivity index (χ2v) is 8.64. The van der Waals surface area contributed by atoms with Crippen LogP contribution in [0, 0.1) is 5.82 Å². The highest BCUT2D eigenvalue weighted by Crippen LogP contribution is 2.41. The largest absolute Gasteiger partial charge is 0.376 e. The monoisotopic (exact) mass is 433 g/mol. The Morgan fingerprint density at radius 1 is 1.29 bits per heavy atom. The van der Waals surface area contributed by atoms with E-state index in [0.29, 0.717) is 26.2 Å². The third kappa shape index (κ3) is 4.96. The summed E-state index contributed by atoms with van der Waals surface area (Å²) in [7, 11) is 3.70. The Bertz CT molecular complexity index is 825. The van der Waals surface area contributed by atoms with E-state index in [1.54, 1.807) is 11.0 Å². The van der Waals surface area contributed by atoms with Crippen LogP contribution in [-0.2, 0) is 24.5 Å². The predicted molar refractivity (Wildman–Crippen MR) is 114 cm³/mol. The summed E-state index contributed by atoms with van der Waals surface area (Å²) >= 11 is 0. The Hall–Kier alpha value is -2.32. The minimum Gasteiger partial charge on any atom is -0.376 e. The van der Waals surface area contributed by atoms with Gasteiger partial charge in [0.15, 0.2) is 0 Å². The number of hydrogen-bond donors (Lipinski definition) is 0. The van der Waals surface area contributed by atoms with Gasteiger partial charge in [-0.05, 0) is 39.9 Å². The molecule has 8 heteroatoms. The first-order chi connectivity index (χ1) is 14.8. The molecule has 2 atom stereocenters. The molecule has 3 amide bonds. The van der Waals surface area contributed by atoms with Crippen molar-refractivity contribution in [1.82, 2.24) is 14.7 Å². The van der Waals surface area contributed by atoms with Crippen LogP contribution < -0.4 is 0 Å². The average Bonchev–Trinajstić information content (AvgIpc) is 3.32. The Labute approximate surface area is 183 Å². The quantitative estimate of drug-likeness (QED) is 0.556. The van der Waals surface area contributed by atoms with Gasteiger partial charge in [-0.15, -0.1) is 0 Å². The molecule has 2 heterocycles. The van der Waals surface area contributed by atoms with Gasteiger partial charge in [0.2, 0.25) is 17.7 Å². The van der Waals surface area contributed by atoms with E-state index in [1.165, 1.54) is 23.1 Å². The lowest BCUT2D eigenvalue weighted by Gasteiger charge is -2.31. The van der Waals surface area contributed by atoms with Gasteiger partial charge in [0.25, 0.3) is 0 Å². The molecule has 31 heavy (non-hydrogen) atoms. The normalized spacial score (nSPS) is 23.8. The molecule has 0 spiro atoms. The van der Waals surface area contributed by atoms with Crippen LogP contribution in [0.1, 0.15) is 38.2 Å². The zero-order valence-electron chi connectivity index (χ0n) is 18.6. The van der Waals surface area contributed by atoms with Gasteiger partial charge < -0.3 is 14.5 Å². The zero-order chi connectivity index (χ0) is 22.6. The summed E-state index contributed by atoms with van der Waals surface area (Å²) in [6.45, 7) is 4.16. The van der Waals surface area contributed by atoms with Gasteiger partial charge in [0.1, 0.15) is 5.82 Å². The summed E-state index contributed by atoms with van der Waals surface area (Å²) in [5.41, 5.74) is -1.40. The van der Waals surface area contributed by atoms with Crippen molar-refractivity contribution in [3.05, 3.63) is 35.6 Å². The zero-order valence-corrected chi connectivity index (χ0v) is 18.6. The summed E-state index contributed by atoms with van der Waals surface area (Å²) in [6, 6.07) is 5.95. The summed E-state index contributed by atoms with van der Waals surface area (Å²) in [5.74, 6) is -1.71. The number of likely N-dealkylation sites (tertiary alicyclic amines) is 1. The van der Waals surface area contributed by atoms with Crippen LogP contribution in [0.25, 0.3) is 0 Å². The van der Waals surface area contributed by atoms with E-state index >= 15 is 0 Å². The third-order valence-electron chi connectivity index (χ3n) is 6.20. The fourth-order valence-electron chi connectivity index (χ4n) is 4.43. The molecule has 0 bridgehead atoms. The van der Waals surface area contributed by atoms with Gasteiger partial charge in [-0.3, -0.25) is 19.3 Å². The summed E-state index contributed by atoms with van der Waals surface area (Å²) in [4.78, 5) is 44.3. The molecule has 1 aromatic carbocycles. The Morgan fingerprint density at radius 2 is 2.03 bits per heavy atom. The molecule has 3 rings (SSSR count). The van der Waals surface area contributed by atoms with Gasteiger partial charge in [0.05, 0.1) is 11.5 Å². The van der Waals surface area contributed by atoms with E-state index in [0.717, 1.165) is 12.8 Å². The first kappa shape index (κ1) is 23.3. The maximum atomic E-state index is 14.9. The molecule has 2 aliphatic heterocycles. The second kappa shape index (κ2) is 9.87. The highest BCUT2D eigenvalue weighted by molar-refractivity contribution is 6.10. The number of carbonyl (C=O) groups excluding carboxylic acids is 3. The van der Waals surface area contributed by atoms with Crippen molar-refractivity contribution in [3.63, 3.8) is 0 Å². The van der Waals surface area contributed by atoms with Crippen LogP contribution in [0.2, 0.25) is 0 Å². The van der Waals surface area contributed by atoms with E-state index in [2.05, 4.69) is 0 Å². The number of likely N-dealkylation sites (N-methyl/N-ethyl adjacent to an activating group) is 2. The molecule has 0 aliphatic carbocycles. The van der Waals surface area contributed by atoms with Gasteiger partial charge in [-0.2, -0.15) is 0 Å². The van der Waals surface area contributed by atoms with E-state index < -0.39 is 17.1 Å². The number of carbonyl (C=O) groups is 3. The lowest BCUT2D eigenvalue weighted by atomic mass is 9.75. The van der Waals surface area contributed by atoms with Crippen molar-refractivity contribution in [2.45, 2.75) is 44.1 Å². The molecule has 2 aliphatic rings. The van der Waals surface area contributed by atoms with Crippen LogP contribution in [-0.4, -0.2) is 85.4 Å². The Kier molecular flexibility index (Phi) is 7.43. The first-order valence-corrected chi connectivity index (χ1v) is 10.9. The van der Waals surface area contributed by atoms with Crippen LogP contribution in [0.3, 0.4) is 0 Å². The molecular formula is C23H32FN3O4. The smallest absolute Gasteiger partial charge is 0.241 e. The molecule has 0 unspecified atom stereocenters. The van der Waals surface area contributed by atoms with Crippen molar-refractivity contribution >= 4 is 17.7 Å².